The first-order valence-corrected chi connectivity index (χ1v) is 22.8. The van der Waals surface area contributed by atoms with Crippen LogP contribution in [0.5, 0.6) is 0 Å². The molecule has 2 unspecified atom stereocenters. The van der Waals surface area contributed by atoms with Crippen LogP contribution in [0.15, 0.2) is 48.6 Å². The zero-order valence-corrected chi connectivity index (χ0v) is 37.2. The van der Waals surface area contributed by atoms with Gasteiger partial charge in [0.15, 0.2) is 12.4 Å². The molecule has 0 radical (unpaired) electrons. The lowest BCUT2D eigenvalue weighted by molar-refractivity contribution is -0.870. The minimum Gasteiger partial charge on any atom is -0.545 e. The van der Waals surface area contributed by atoms with E-state index >= 15 is 0 Å². The predicted molar refractivity (Wildman–Crippen MR) is 232 cm³/mol. The molecule has 57 heavy (non-hydrogen) atoms. The number of carboxylic acids is 1. The van der Waals surface area contributed by atoms with E-state index in [2.05, 4.69) is 62.5 Å². The Labute approximate surface area is 349 Å². The van der Waals surface area contributed by atoms with E-state index in [1.165, 1.54) is 77.0 Å². The second kappa shape index (κ2) is 40.0. The SMILES string of the molecule is CC/C=C\C/C=C\C/C=C\C/C=C\CCCCCCCCCCC(=O)OC(COC(=O)CCCCCCCCCCCCC)COC(OCC[N+](C)(C)C)C(=O)[O-]. The highest BCUT2D eigenvalue weighted by Crippen LogP contribution is 2.14. The monoisotopic (exact) mass is 804 g/mol. The molecule has 0 rings (SSSR count). The minimum atomic E-state index is -1.62. The van der Waals surface area contributed by atoms with Crippen molar-refractivity contribution in [2.45, 2.75) is 193 Å². The van der Waals surface area contributed by atoms with Crippen molar-refractivity contribution in [3.8, 4) is 0 Å². The molecule has 0 aromatic heterocycles. The number of ether oxygens (including phenoxy) is 4. The van der Waals surface area contributed by atoms with Gasteiger partial charge in [-0.15, -0.1) is 0 Å². The predicted octanol–water partition coefficient (Wildman–Crippen LogP) is 10.7. The lowest BCUT2D eigenvalue weighted by Gasteiger charge is -2.26. The van der Waals surface area contributed by atoms with Gasteiger partial charge in [-0.05, 0) is 51.4 Å². The van der Waals surface area contributed by atoms with Gasteiger partial charge in [0.1, 0.15) is 13.2 Å². The standard InChI is InChI=1S/C48H85NO8/c1-6-8-10-12-14-16-18-19-20-21-22-23-24-25-26-27-29-31-33-35-37-39-46(51)57-44(43-56-48(47(52)53)54-41-40-49(3,4)5)42-55-45(50)38-36-34-32-30-28-17-15-13-11-9-7-2/h8,10,14,16,19-20,22-23,44,48H,6-7,9,11-13,15,17-18,21,24-43H2,1-5H3/b10-8-,16-14-,20-19-,23-22-. The summed E-state index contributed by atoms with van der Waals surface area (Å²) in [6, 6.07) is 0. The van der Waals surface area contributed by atoms with Gasteiger partial charge in [0, 0.05) is 12.8 Å². The Kier molecular flexibility index (Phi) is 38.1. The molecule has 0 saturated carbocycles. The molecular weight excluding hydrogens is 719 g/mol. The molecule has 2 atom stereocenters. The number of carboxylic acid groups (broad SMARTS) is 1. The van der Waals surface area contributed by atoms with E-state index in [0.29, 0.717) is 23.9 Å². The van der Waals surface area contributed by atoms with Gasteiger partial charge >= 0.3 is 11.9 Å². The van der Waals surface area contributed by atoms with Crippen molar-refractivity contribution in [3.05, 3.63) is 48.6 Å². The molecule has 0 bridgehead atoms. The molecule has 0 amide bonds. The number of hydrogen-bond donors (Lipinski definition) is 0. The maximum atomic E-state index is 12.8. The summed E-state index contributed by atoms with van der Waals surface area (Å²) in [6.07, 6.45) is 42.8. The Balaban J connectivity index is 4.39. The average molecular weight is 804 g/mol. The van der Waals surface area contributed by atoms with Gasteiger partial charge in [0.25, 0.3) is 0 Å². The summed E-state index contributed by atoms with van der Waals surface area (Å²) in [7, 11) is 5.90. The lowest BCUT2D eigenvalue weighted by Crippen LogP contribution is -2.44. The Hall–Kier alpha value is -2.75. The fourth-order valence-corrected chi connectivity index (χ4v) is 6.05. The molecule has 330 valence electrons. The Morgan fingerprint density at radius 2 is 1.00 bits per heavy atom. The highest BCUT2D eigenvalue weighted by Gasteiger charge is 2.21. The third-order valence-corrected chi connectivity index (χ3v) is 9.59. The summed E-state index contributed by atoms with van der Waals surface area (Å²) in [5.41, 5.74) is 0. The molecule has 0 aliphatic carbocycles. The minimum absolute atomic E-state index is 0.145. The molecule has 0 aliphatic rings. The Bertz CT molecular complexity index is 1080. The molecule has 0 aromatic rings. The molecule has 0 N–H and O–H groups in total. The zero-order chi connectivity index (χ0) is 42.1. The van der Waals surface area contributed by atoms with Crippen LogP contribution in [0.1, 0.15) is 181 Å². The number of carbonyl (C=O) groups excluding carboxylic acids is 3. The van der Waals surface area contributed by atoms with Gasteiger partial charge in [0.05, 0.1) is 40.3 Å². The lowest BCUT2D eigenvalue weighted by atomic mass is 10.1. The summed E-state index contributed by atoms with van der Waals surface area (Å²) < 4.78 is 22.5. The third kappa shape index (κ3) is 41.2. The van der Waals surface area contributed by atoms with Crippen LogP contribution in [0, 0.1) is 0 Å². The van der Waals surface area contributed by atoms with Crippen LogP contribution in [-0.4, -0.2) is 82.3 Å². The van der Waals surface area contributed by atoms with Crippen molar-refractivity contribution in [3.63, 3.8) is 0 Å². The molecule has 9 heteroatoms. The second-order valence-electron chi connectivity index (χ2n) is 16.3. The van der Waals surface area contributed by atoms with Gasteiger partial charge in [-0.25, -0.2) is 0 Å². The number of rotatable bonds is 41. The summed E-state index contributed by atoms with van der Waals surface area (Å²) in [5, 5.41) is 11.7. The Morgan fingerprint density at radius 3 is 1.49 bits per heavy atom. The maximum absolute atomic E-state index is 12.8. The van der Waals surface area contributed by atoms with Crippen LogP contribution in [0.4, 0.5) is 0 Å². The van der Waals surface area contributed by atoms with Crippen molar-refractivity contribution in [2.75, 3.05) is 47.5 Å². The number of hydrogen-bond acceptors (Lipinski definition) is 8. The number of likely N-dealkylation sites (N-methyl/N-ethyl adjacent to an activating group) is 1. The van der Waals surface area contributed by atoms with Gasteiger partial charge in [0.2, 0.25) is 0 Å². The molecule has 0 heterocycles. The van der Waals surface area contributed by atoms with Crippen LogP contribution in [0.3, 0.4) is 0 Å². The summed E-state index contributed by atoms with van der Waals surface area (Å²) in [5.74, 6) is -2.30. The first kappa shape index (κ1) is 54.2. The van der Waals surface area contributed by atoms with E-state index in [1.807, 2.05) is 21.1 Å². The topological polar surface area (TPSA) is 111 Å². The van der Waals surface area contributed by atoms with Crippen LogP contribution in [0.2, 0.25) is 0 Å². The number of quaternary nitrogens is 1. The molecule has 0 aromatic carbocycles. The highest BCUT2D eigenvalue weighted by atomic mass is 16.7. The first-order chi connectivity index (χ1) is 27.6. The molecule has 0 fully saturated rings. The van der Waals surface area contributed by atoms with Gasteiger partial charge in [-0.3, -0.25) is 9.59 Å². The molecule has 0 spiro atoms. The maximum Gasteiger partial charge on any atom is 0.306 e. The average Bonchev–Trinajstić information content (AvgIpc) is 3.17. The van der Waals surface area contributed by atoms with Crippen molar-refractivity contribution in [1.29, 1.82) is 0 Å². The van der Waals surface area contributed by atoms with Crippen molar-refractivity contribution in [1.82, 2.24) is 0 Å². The fourth-order valence-electron chi connectivity index (χ4n) is 6.05. The number of unbranched alkanes of at least 4 members (excludes halogenated alkanes) is 18. The Morgan fingerprint density at radius 1 is 0.544 bits per heavy atom. The highest BCUT2D eigenvalue weighted by molar-refractivity contribution is 5.70. The van der Waals surface area contributed by atoms with Crippen molar-refractivity contribution >= 4 is 17.9 Å². The van der Waals surface area contributed by atoms with E-state index in [9.17, 15) is 19.5 Å². The molecule has 0 saturated heterocycles. The number of allylic oxidation sites excluding steroid dienone is 8. The van der Waals surface area contributed by atoms with E-state index in [-0.39, 0.29) is 32.2 Å². The zero-order valence-electron chi connectivity index (χ0n) is 37.2. The van der Waals surface area contributed by atoms with E-state index in [4.69, 9.17) is 18.9 Å². The summed E-state index contributed by atoms with van der Waals surface area (Å²) >= 11 is 0. The van der Waals surface area contributed by atoms with Crippen LogP contribution < -0.4 is 5.11 Å². The number of esters is 2. The normalized spacial score (nSPS) is 13.4. The number of aliphatic carboxylic acids is 1. The van der Waals surface area contributed by atoms with Crippen molar-refractivity contribution in [2.24, 2.45) is 0 Å². The van der Waals surface area contributed by atoms with Crippen molar-refractivity contribution < 1.29 is 42.9 Å². The quantitative estimate of drug-likeness (QED) is 0.0197. The van der Waals surface area contributed by atoms with E-state index in [1.54, 1.807) is 0 Å². The molecular formula is C48H85NO8. The number of nitrogens with zero attached hydrogens (tertiary/aromatic N) is 1. The van der Waals surface area contributed by atoms with E-state index < -0.39 is 24.3 Å². The van der Waals surface area contributed by atoms with Crippen LogP contribution in [0.25, 0.3) is 0 Å². The second-order valence-corrected chi connectivity index (χ2v) is 16.3. The third-order valence-electron chi connectivity index (χ3n) is 9.59. The summed E-state index contributed by atoms with van der Waals surface area (Å²) in [6.45, 7) is 4.60. The van der Waals surface area contributed by atoms with Gasteiger partial charge < -0.3 is 33.3 Å². The molecule has 9 nitrogen and oxygen atoms in total. The molecule has 0 aliphatic heterocycles. The smallest absolute Gasteiger partial charge is 0.306 e. The van der Waals surface area contributed by atoms with Crippen LogP contribution in [-0.2, 0) is 33.3 Å². The number of carbonyl (C=O) groups is 3. The summed E-state index contributed by atoms with van der Waals surface area (Å²) in [4.78, 5) is 36.9. The fraction of sp³-hybridized carbons (Fsp3) is 0.771. The largest absolute Gasteiger partial charge is 0.545 e. The van der Waals surface area contributed by atoms with E-state index in [0.717, 1.165) is 70.6 Å². The van der Waals surface area contributed by atoms with Gasteiger partial charge in [-0.2, -0.15) is 0 Å². The van der Waals surface area contributed by atoms with Gasteiger partial charge in [-0.1, -0.05) is 165 Å². The van der Waals surface area contributed by atoms with Crippen LogP contribution >= 0.6 is 0 Å². The first-order valence-electron chi connectivity index (χ1n) is 22.8.